The maximum Gasteiger partial charge on any atom is 0.320 e. The second-order valence-corrected chi connectivity index (χ2v) is 9.71. The Hall–Kier alpha value is -0.830. The van der Waals surface area contributed by atoms with Crippen LogP contribution in [0.15, 0.2) is 11.6 Å². The number of hydrogen-bond acceptors (Lipinski definition) is 3. The minimum Gasteiger partial charge on any atom is -0.465 e. The summed E-state index contributed by atoms with van der Waals surface area (Å²) in [5.41, 5.74) is 1.93. The van der Waals surface area contributed by atoms with E-state index in [0.29, 0.717) is 29.6 Å². The first kappa shape index (κ1) is 18.5. The molecule has 0 heterocycles. The lowest BCUT2D eigenvalue weighted by Gasteiger charge is -2.52. The van der Waals surface area contributed by atoms with Gasteiger partial charge in [0.15, 0.2) is 5.78 Å². The summed E-state index contributed by atoms with van der Waals surface area (Å²) < 4.78 is 5.22. The van der Waals surface area contributed by atoms with Gasteiger partial charge in [0.2, 0.25) is 0 Å². The van der Waals surface area contributed by atoms with E-state index in [1.165, 1.54) is 37.7 Å². The van der Waals surface area contributed by atoms with Crippen molar-refractivity contribution < 1.29 is 14.3 Å². The van der Waals surface area contributed by atoms with Gasteiger partial charge in [-0.25, -0.2) is 0 Å². The average Bonchev–Trinajstić information content (AvgIpc) is 2.97. The molecule has 4 aliphatic rings. The van der Waals surface area contributed by atoms with E-state index in [2.05, 4.69) is 6.92 Å². The monoisotopic (exact) mass is 378 g/mol. The summed E-state index contributed by atoms with van der Waals surface area (Å²) in [6.07, 6.45) is 12.5. The molecule has 3 saturated carbocycles. The van der Waals surface area contributed by atoms with Crippen molar-refractivity contribution in [3.05, 3.63) is 11.6 Å². The predicted octanol–water partition coefficient (Wildman–Crippen LogP) is 4.92. The summed E-state index contributed by atoms with van der Waals surface area (Å²) in [4.78, 5) is 23.1. The molecule has 144 valence electrons. The van der Waals surface area contributed by atoms with Gasteiger partial charge in [0.05, 0.1) is 6.61 Å². The van der Waals surface area contributed by atoms with Gasteiger partial charge in [0.25, 0.3) is 0 Å². The second kappa shape index (κ2) is 7.30. The molecule has 4 heteroatoms. The summed E-state index contributed by atoms with van der Waals surface area (Å²) in [5.74, 6) is 3.81. The van der Waals surface area contributed by atoms with Gasteiger partial charge in [-0.05, 0) is 92.4 Å². The Kier molecular flexibility index (Phi) is 5.20. The Morgan fingerprint density at radius 1 is 1.27 bits per heavy atom. The molecule has 0 aromatic rings. The van der Waals surface area contributed by atoms with Crippen LogP contribution < -0.4 is 0 Å². The molecule has 6 atom stereocenters. The summed E-state index contributed by atoms with van der Waals surface area (Å²) >= 11 is 5.51. The van der Waals surface area contributed by atoms with Crippen LogP contribution in [0.4, 0.5) is 0 Å². The van der Waals surface area contributed by atoms with Gasteiger partial charge in [-0.1, -0.05) is 12.5 Å². The van der Waals surface area contributed by atoms with E-state index in [4.69, 9.17) is 16.3 Å². The van der Waals surface area contributed by atoms with Crippen LogP contribution in [0.1, 0.15) is 64.7 Å². The van der Waals surface area contributed by atoms with E-state index in [1.54, 1.807) is 0 Å². The lowest BCUT2D eigenvalue weighted by Crippen LogP contribution is -2.44. The minimum atomic E-state index is -0.299. The zero-order valence-electron chi connectivity index (χ0n) is 15.8. The summed E-state index contributed by atoms with van der Waals surface area (Å²) in [7, 11) is 0. The quantitative estimate of drug-likeness (QED) is 0.515. The average molecular weight is 379 g/mol. The minimum absolute atomic E-state index is 0.0471. The number of rotatable bonds is 4. The number of halogens is 1. The number of allylic oxidation sites excluding steroid dienone is 1. The maximum atomic E-state index is 11.8. The fourth-order valence-electron chi connectivity index (χ4n) is 6.99. The van der Waals surface area contributed by atoms with Crippen LogP contribution in [-0.2, 0) is 14.3 Å². The van der Waals surface area contributed by atoms with Crippen LogP contribution in [0.2, 0.25) is 0 Å². The van der Waals surface area contributed by atoms with Gasteiger partial charge < -0.3 is 4.74 Å². The van der Waals surface area contributed by atoms with Crippen LogP contribution in [0, 0.1) is 35.0 Å². The summed E-state index contributed by atoms with van der Waals surface area (Å²) in [5, 5.41) is 0. The molecule has 0 bridgehead atoms. The summed E-state index contributed by atoms with van der Waals surface area (Å²) in [6.45, 7) is 3.03. The highest BCUT2D eigenvalue weighted by Gasteiger charge is 2.54. The van der Waals surface area contributed by atoms with Crippen LogP contribution in [0.5, 0.6) is 0 Å². The van der Waals surface area contributed by atoms with Crippen molar-refractivity contribution >= 4 is 23.4 Å². The number of hydrogen-bond donors (Lipinski definition) is 0. The number of fused-ring (bicyclic) bond motifs is 5. The lowest BCUT2D eigenvalue weighted by molar-refractivity contribution is -0.140. The molecule has 0 aromatic heterocycles. The van der Waals surface area contributed by atoms with Crippen LogP contribution >= 0.6 is 11.6 Å². The SMILES string of the molecule is C[C@]12CC[C@H]3[C@@H](CCC4=CC(=O)CC[C@@H]43)[C@@H]1C[C@H](CCOC(=O)CCl)C2. The van der Waals surface area contributed by atoms with Crippen LogP contribution in [0.3, 0.4) is 0 Å². The fourth-order valence-corrected chi connectivity index (χ4v) is 7.06. The van der Waals surface area contributed by atoms with Crippen molar-refractivity contribution in [2.45, 2.75) is 64.7 Å². The third kappa shape index (κ3) is 3.37. The lowest BCUT2D eigenvalue weighted by atomic mass is 9.52. The molecule has 0 spiro atoms. The molecule has 0 aliphatic heterocycles. The largest absolute Gasteiger partial charge is 0.465 e. The molecule has 0 amide bonds. The highest BCUT2D eigenvalue weighted by Crippen LogP contribution is 2.63. The van der Waals surface area contributed by atoms with Crippen molar-refractivity contribution in [3.8, 4) is 0 Å². The normalized spacial score (nSPS) is 41.7. The summed E-state index contributed by atoms with van der Waals surface area (Å²) in [6, 6.07) is 0. The molecular formula is C22H31ClO3. The van der Waals surface area contributed by atoms with Gasteiger partial charge in [-0.2, -0.15) is 0 Å². The zero-order chi connectivity index (χ0) is 18.3. The third-order valence-electron chi connectivity index (χ3n) is 8.06. The first-order chi connectivity index (χ1) is 12.5. The van der Waals surface area contributed by atoms with E-state index in [-0.39, 0.29) is 11.8 Å². The Bertz CT molecular complexity index is 613. The van der Waals surface area contributed by atoms with Crippen LogP contribution in [0.25, 0.3) is 0 Å². The van der Waals surface area contributed by atoms with E-state index >= 15 is 0 Å². The van der Waals surface area contributed by atoms with Gasteiger partial charge in [-0.3, -0.25) is 9.59 Å². The highest BCUT2D eigenvalue weighted by molar-refractivity contribution is 6.26. The Balaban J connectivity index is 1.42. The molecule has 3 nitrogen and oxygen atoms in total. The number of carbonyl (C=O) groups excluding carboxylic acids is 2. The standard InChI is InChI=1S/C22H31ClO3/c1-22-8-6-18-17-5-3-16(24)11-15(17)2-4-19(18)20(22)10-14(12-22)7-9-26-21(25)13-23/h11,14,17-20H,2-10,12-13H2,1H3/t14-,17-,18+,19+,20-,22+/m0/s1. The Morgan fingerprint density at radius 3 is 2.92 bits per heavy atom. The molecule has 26 heavy (non-hydrogen) atoms. The first-order valence-corrected chi connectivity index (χ1v) is 11.0. The maximum absolute atomic E-state index is 11.8. The van der Waals surface area contributed by atoms with Crippen LogP contribution in [-0.4, -0.2) is 24.2 Å². The van der Waals surface area contributed by atoms with Gasteiger partial charge >= 0.3 is 5.97 Å². The van der Waals surface area contributed by atoms with Crippen molar-refractivity contribution in [3.63, 3.8) is 0 Å². The van der Waals surface area contributed by atoms with Gasteiger partial charge in [0, 0.05) is 6.42 Å². The first-order valence-electron chi connectivity index (χ1n) is 10.4. The van der Waals surface area contributed by atoms with Crippen molar-refractivity contribution in [2.24, 2.45) is 35.0 Å². The van der Waals surface area contributed by atoms with Gasteiger partial charge in [-0.15, -0.1) is 11.6 Å². The van der Waals surface area contributed by atoms with Gasteiger partial charge in [0.1, 0.15) is 5.88 Å². The molecule has 0 N–H and O–H groups in total. The smallest absolute Gasteiger partial charge is 0.320 e. The molecule has 0 saturated heterocycles. The zero-order valence-corrected chi connectivity index (χ0v) is 16.6. The Labute approximate surface area is 161 Å². The van der Waals surface area contributed by atoms with E-state index in [0.717, 1.165) is 43.4 Å². The third-order valence-corrected chi connectivity index (χ3v) is 8.28. The fraction of sp³-hybridized carbons (Fsp3) is 0.818. The molecule has 3 fully saturated rings. The van der Waals surface area contributed by atoms with E-state index in [1.807, 2.05) is 6.08 Å². The molecule has 0 aromatic carbocycles. The van der Waals surface area contributed by atoms with Crippen molar-refractivity contribution in [2.75, 3.05) is 12.5 Å². The topological polar surface area (TPSA) is 43.4 Å². The molecule has 4 rings (SSSR count). The molecule has 4 aliphatic carbocycles. The van der Waals surface area contributed by atoms with E-state index < -0.39 is 0 Å². The molecular weight excluding hydrogens is 348 g/mol. The molecule has 0 unspecified atom stereocenters. The number of ketones is 1. The number of alkyl halides is 1. The number of ether oxygens (including phenoxy) is 1. The number of carbonyl (C=O) groups is 2. The van der Waals surface area contributed by atoms with E-state index in [9.17, 15) is 9.59 Å². The van der Waals surface area contributed by atoms with Crippen molar-refractivity contribution in [1.82, 2.24) is 0 Å². The molecule has 0 radical (unpaired) electrons. The second-order valence-electron chi connectivity index (χ2n) is 9.44. The number of esters is 1. The predicted molar refractivity (Wildman–Crippen MR) is 102 cm³/mol. The Morgan fingerprint density at radius 2 is 2.12 bits per heavy atom. The highest BCUT2D eigenvalue weighted by atomic mass is 35.5. The van der Waals surface area contributed by atoms with Crippen molar-refractivity contribution in [1.29, 1.82) is 0 Å².